The highest BCUT2D eigenvalue weighted by atomic mass is 35.5. The van der Waals surface area contributed by atoms with Crippen molar-refractivity contribution >= 4 is 17.7 Å². The van der Waals surface area contributed by atoms with Crippen LogP contribution in [0, 0.1) is 5.92 Å². The average molecular weight is 290 g/mol. The highest BCUT2D eigenvalue weighted by Gasteiger charge is 2.27. The van der Waals surface area contributed by atoms with Crippen LogP contribution in [0.5, 0.6) is 0 Å². The minimum absolute atomic E-state index is 0.232. The van der Waals surface area contributed by atoms with Crippen LogP contribution >= 0.6 is 11.6 Å². The van der Waals surface area contributed by atoms with Gasteiger partial charge >= 0.3 is 6.09 Å². The number of hydrogen-bond donors (Lipinski definition) is 2. The zero-order valence-electron chi connectivity index (χ0n) is 11.9. The van der Waals surface area contributed by atoms with E-state index in [4.69, 9.17) is 22.1 Å². The first-order chi connectivity index (χ1) is 8.78. The van der Waals surface area contributed by atoms with Gasteiger partial charge in [-0.2, -0.15) is 0 Å². The van der Waals surface area contributed by atoms with Gasteiger partial charge in [0.1, 0.15) is 10.8 Å². The van der Waals surface area contributed by atoms with Gasteiger partial charge in [-0.25, -0.2) is 4.79 Å². The molecule has 0 saturated carbocycles. The molecule has 1 rings (SSSR count). The van der Waals surface area contributed by atoms with E-state index in [-0.39, 0.29) is 11.2 Å². The second-order valence-corrected chi connectivity index (χ2v) is 6.31. The van der Waals surface area contributed by atoms with Gasteiger partial charge < -0.3 is 20.7 Å². The maximum Gasteiger partial charge on any atom is 0.410 e. The Bertz CT molecular complexity index is 335. The number of rotatable bonds is 3. The number of ether oxygens (including phenoxy) is 1. The molecule has 0 aromatic carbocycles. The molecule has 1 saturated heterocycles. The largest absolute Gasteiger partial charge is 0.444 e. The van der Waals surface area contributed by atoms with Gasteiger partial charge in [0.25, 0.3) is 0 Å². The number of nitrogens with two attached hydrogens (primary N) is 1. The van der Waals surface area contributed by atoms with Crippen LogP contribution in [0.4, 0.5) is 4.79 Å². The van der Waals surface area contributed by atoms with Crippen LogP contribution in [-0.2, 0) is 4.74 Å². The summed E-state index contributed by atoms with van der Waals surface area (Å²) < 4.78 is 5.38. The normalized spacial score (nSPS) is 21.2. The van der Waals surface area contributed by atoms with Crippen molar-refractivity contribution < 1.29 is 9.53 Å². The van der Waals surface area contributed by atoms with Crippen LogP contribution in [0.15, 0.2) is 11.4 Å². The Kier molecular flexibility index (Phi) is 5.79. The van der Waals surface area contributed by atoms with E-state index in [1.807, 2.05) is 20.8 Å². The quantitative estimate of drug-likeness (QED) is 0.782. The summed E-state index contributed by atoms with van der Waals surface area (Å²) in [6.07, 6.45) is 3.42. The number of hydrogen-bond acceptors (Lipinski definition) is 4. The van der Waals surface area contributed by atoms with Crippen molar-refractivity contribution in [3.8, 4) is 0 Å². The molecule has 1 atom stereocenters. The van der Waals surface area contributed by atoms with Crippen molar-refractivity contribution in [2.45, 2.75) is 39.2 Å². The Morgan fingerprint density at radius 3 is 2.84 bits per heavy atom. The van der Waals surface area contributed by atoms with Gasteiger partial charge in [-0.05, 0) is 39.5 Å². The van der Waals surface area contributed by atoms with Gasteiger partial charge in [-0.3, -0.25) is 0 Å². The van der Waals surface area contributed by atoms with Crippen LogP contribution < -0.4 is 11.1 Å². The first-order valence-electron chi connectivity index (χ1n) is 6.60. The number of carbonyl (C=O) groups is 1. The Morgan fingerprint density at radius 2 is 2.26 bits per heavy atom. The molecule has 0 aromatic heterocycles. The molecule has 1 aliphatic heterocycles. The summed E-state index contributed by atoms with van der Waals surface area (Å²) in [5, 5.41) is 3.30. The fraction of sp³-hybridized carbons (Fsp3) is 0.769. The first-order valence-corrected chi connectivity index (χ1v) is 6.98. The van der Waals surface area contributed by atoms with Crippen LogP contribution in [0.25, 0.3) is 0 Å². The van der Waals surface area contributed by atoms with Crippen LogP contribution in [0.1, 0.15) is 33.6 Å². The molecule has 1 heterocycles. The average Bonchev–Trinajstić information content (AvgIpc) is 2.26. The highest BCUT2D eigenvalue weighted by Crippen LogP contribution is 2.18. The van der Waals surface area contributed by atoms with Crippen molar-refractivity contribution in [1.29, 1.82) is 0 Å². The van der Waals surface area contributed by atoms with Gasteiger partial charge in [0, 0.05) is 25.8 Å². The Hall–Kier alpha value is -1.10. The number of nitrogens with zero attached hydrogens (tertiary/aromatic N) is 1. The smallest absolute Gasteiger partial charge is 0.410 e. The summed E-state index contributed by atoms with van der Waals surface area (Å²) in [6, 6.07) is 0. The van der Waals surface area contributed by atoms with Gasteiger partial charge in [0.15, 0.2) is 0 Å². The van der Waals surface area contributed by atoms with E-state index in [1.165, 1.54) is 0 Å². The monoisotopic (exact) mass is 289 g/mol. The number of likely N-dealkylation sites (tertiary alicyclic amines) is 1. The zero-order valence-corrected chi connectivity index (χ0v) is 12.7. The molecule has 1 amide bonds. The van der Waals surface area contributed by atoms with Gasteiger partial charge in [0.2, 0.25) is 0 Å². The molecule has 0 spiro atoms. The molecule has 5 nitrogen and oxygen atoms in total. The number of nitrogens with one attached hydrogen (secondary N) is 1. The number of amides is 1. The summed E-state index contributed by atoms with van der Waals surface area (Å²) in [5.74, 6) is 0.397. The van der Waals surface area contributed by atoms with Crippen LogP contribution in [-0.4, -0.2) is 36.2 Å². The summed E-state index contributed by atoms with van der Waals surface area (Å²) in [5.41, 5.74) is 4.89. The van der Waals surface area contributed by atoms with Gasteiger partial charge in [-0.15, -0.1) is 0 Å². The molecule has 3 N–H and O–H groups in total. The van der Waals surface area contributed by atoms with E-state index in [0.717, 1.165) is 25.9 Å². The maximum absolute atomic E-state index is 12.0. The van der Waals surface area contributed by atoms with E-state index in [0.29, 0.717) is 12.5 Å². The third-order valence-electron chi connectivity index (χ3n) is 2.82. The highest BCUT2D eigenvalue weighted by molar-refractivity contribution is 6.28. The maximum atomic E-state index is 12.0. The standard InChI is InChI=1S/C13H24ClN3O2/c1-13(2,3)19-12(18)17-6-4-5-10(9-17)7-16-8-11(14)15/h8,10,16H,4-7,9,15H2,1-3H3/b11-8-. The fourth-order valence-corrected chi connectivity index (χ4v) is 2.12. The Morgan fingerprint density at radius 1 is 1.58 bits per heavy atom. The van der Waals surface area contributed by atoms with E-state index >= 15 is 0 Å². The molecule has 6 heteroatoms. The summed E-state index contributed by atoms with van der Waals surface area (Å²) in [4.78, 5) is 13.7. The Balaban J connectivity index is 2.41. The van der Waals surface area contributed by atoms with Crippen molar-refractivity contribution in [2.24, 2.45) is 11.7 Å². The molecule has 0 radical (unpaired) electrons. The number of piperidine rings is 1. The molecular formula is C13H24ClN3O2. The lowest BCUT2D eigenvalue weighted by Crippen LogP contribution is -2.44. The topological polar surface area (TPSA) is 67.6 Å². The number of halogens is 1. The summed E-state index contributed by atoms with van der Waals surface area (Å²) >= 11 is 5.54. The summed E-state index contributed by atoms with van der Waals surface area (Å²) in [6.45, 7) is 7.86. The van der Waals surface area contributed by atoms with E-state index in [2.05, 4.69) is 5.32 Å². The SMILES string of the molecule is CC(C)(C)OC(=O)N1CCCC(CN/C=C(\N)Cl)C1. The summed E-state index contributed by atoms with van der Waals surface area (Å²) in [7, 11) is 0. The molecule has 110 valence electrons. The minimum Gasteiger partial charge on any atom is -0.444 e. The predicted molar refractivity (Wildman–Crippen MR) is 76.7 cm³/mol. The molecule has 0 aromatic rings. The predicted octanol–water partition coefficient (Wildman–Crippen LogP) is 2.22. The lowest BCUT2D eigenvalue weighted by atomic mass is 9.98. The lowest BCUT2D eigenvalue weighted by molar-refractivity contribution is 0.0168. The molecule has 0 bridgehead atoms. The Labute approximate surface area is 120 Å². The molecule has 0 aliphatic carbocycles. The molecule has 19 heavy (non-hydrogen) atoms. The van der Waals surface area contributed by atoms with Crippen molar-refractivity contribution in [3.05, 3.63) is 11.4 Å². The fourth-order valence-electron chi connectivity index (χ4n) is 2.05. The minimum atomic E-state index is -0.446. The van der Waals surface area contributed by atoms with E-state index in [1.54, 1.807) is 11.1 Å². The second kappa shape index (κ2) is 6.89. The van der Waals surface area contributed by atoms with E-state index in [9.17, 15) is 4.79 Å². The second-order valence-electron chi connectivity index (χ2n) is 5.87. The van der Waals surface area contributed by atoms with Crippen LogP contribution in [0.3, 0.4) is 0 Å². The van der Waals surface area contributed by atoms with Gasteiger partial charge in [-0.1, -0.05) is 11.6 Å². The van der Waals surface area contributed by atoms with Crippen molar-refractivity contribution in [3.63, 3.8) is 0 Å². The first kappa shape index (κ1) is 16.0. The third kappa shape index (κ3) is 6.57. The van der Waals surface area contributed by atoms with Crippen LogP contribution in [0.2, 0.25) is 0 Å². The lowest BCUT2D eigenvalue weighted by Gasteiger charge is -2.34. The molecule has 1 aliphatic rings. The van der Waals surface area contributed by atoms with E-state index < -0.39 is 5.60 Å². The van der Waals surface area contributed by atoms with Crippen molar-refractivity contribution in [1.82, 2.24) is 10.2 Å². The van der Waals surface area contributed by atoms with Gasteiger partial charge in [0.05, 0.1) is 0 Å². The van der Waals surface area contributed by atoms with Crippen molar-refractivity contribution in [2.75, 3.05) is 19.6 Å². The molecule has 1 fully saturated rings. The molecular weight excluding hydrogens is 266 g/mol. The third-order valence-corrected chi connectivity index (χ3v) is 2.93. The number of carbonyl (C=O) groups excluding carboxylic acids is 1. The molecule has 1 unspecified atom stereocenters. The zero-order chi connectivity index (χ0) is 14.5.